The van der Waals surface area contributed by atoms with Crippen LogP contribution < -0.4 is 0 Å². The third kappa shape index (κ3) is 3.14. The Morgan fingerprint density at radius 1 is 1.38 bits per heavy atom. The maximum atomic E-state index is 13.2. The second-order valence-corrected chi connectivity index (χ2v) is 5.94. The molecule has 1 saturated heterocycles. The topological polar surface area (TPSA) is 38.5 Å². The molecule has 2 heterocycles. The van der Waals surface area contributed by atoms with Gasteiger partial charge < -0.3 is 9.15 Å². The summed E-state index contributed by atoms with van der Waals surface area (Å²) >= 11 is 0. The lowest BCUT2D eigenvalue weighted by Gasteiger charge is -2.41. The third-order valence-corrected chi connectivity index (χ3v) is 3.79. The Labute approximate surface area is 123 Å². The molecule has 0 unspecified atom stereocenters. The number of nitrogens with zero attached hydrogens (tertiary/aromatic N) is 2. The number of ether oxygens (including phenoxy) is 1. The zero-order valence-corrected chi connectivity index (χ0v) is 12.3. The van der Waals surface area contributed by atoms with Crippen LogP contribution in [0.4, 0.5) is 4.39 Å². The Bertz CT molecular complexity index is 624. The number of oxazole rings is 1. The van der Waals surface area contributed by atoms with Crippen molar-refractivity contribution in [1.82, 2.24) is 9.88 Å². The molecule has 2 aromatic rings. The summed E-state index contributed by atoms with van der Waals surface area (Å²) in [6.45, 7) is 7.32. The van der Waals surface area contributed by atoms with Crippen LogP contribution in [0.3, 0.4) is 0 Å². The Morgan fingerprint density at radius 3 is 3.00 bits per heavy atom. The summed E-state index contributed by atoms with van der Waals surface area (Å²) in [7, 11) is 0. The fourth-order valence-electron chi connectivity index (χ4n) is 2.51. The highest BCUT2D eigenvalue weighted by Crippen LogP contribution is 2.24. The summed E-state index contributed by atoms with van der Waals surface area (Å²) in [5.74, 6) is 0.164. The number of halogens is 1. The van der Waals surface area contributed by atoms with Crippen LogP contribution in [0.2, 0.25) is 0 Å². The molecule has 0 saturated carbocycles. The molecule has 1 aliphatic heterocycles. The van der Waals surface area contributed by atoms with E-state index in [1.165, 1.54) is 12.1 Å². The third-order valence-electron chi connectivity index (χ3n) is 3.79. The monoisotopic (exact) mass is 290 g/mol. The average molecular weight is 290 g/mol. The van der Waals surface area contributed by atoms with Crippen molar-refractivity contribution in [2.75, 3.05) is 19.8 Å². The molecule has 1 aliphatic rings. The highest BCUT2D eigenvalue weighted by Gasteiger charge is 2.31. The van der Waals surface area contributed by atoms with Crippen LogP contribution in [0.15, 0.2) is 34.9 Å². The largest absolute Gasteiger partial charge is 0.444 e. The normalized spacial score (nSPS) is 18.8. The number of benzene rings is 1. The van der Waals surface area contributed by atoms with Crippen LogP contribution in [0.5, 0.6) is 0 Å². The van der Waals surface area contributed by atoms with E-state index in [0.29, 0.717) is 24.6 Å². The van der Waals surface area contributed by atoms with Gasteiger partial charge in [0.2, 0.25) is 5.89 Å². The van der Waals surface area contributed by atoms with Gasteiger partial charge in [0.25, 0.3) is 0 Å². The molecule has 0 spiro atoms. The van der Waals surface area contributed by atoms with Gasteiger partial charge in [0, 0.05) is 24.2 Å². The second-order valence-electron chi connectivity index (χ2n) is 5.94. The first-order valence-corrected chi connectivity index (χ1v) is 7.08. The van der Waals surface area contributed by atoms with E-state index in [9.17, 15) is 4.39 Å². The molecule has 5 heteroatoms. The number of aromatic nitrogens is 1. The molecular weight excluding hydrogens is 271 g/mol. The zero-order chi connectivity index (χ0) is 14.9. The fourth-order valence-corrected chi connectivity index (χ4v) is 2.51. The average Bonchev–Trinajstić information content (AvgIpc) is 2.90. The lowest BCUT2D eigenvalue weighted by Crippen LogP contribution is -2.52. The number of morpholine rings is 1. The minimum absolute atomic E-state index is 0.0176. The fraction of sp³-hybridized carbons (Fsp3) is 0.438. The van der Waals surface area contributed by atoms with Crippen LogP contribution in [-0.2, 0) is 11.3 Å². The highest BCUT2D eigenvalue weighted by molar-refractivity contribution is 5.52. The Hall–Kier alpha value is -1.72. The van der Waals surface area contributed by atoms with Crippen molar-refractivity contribution in [2.24, 2.45) is 0 Å². The lowest BCUT2D eigenvalue weighted by atomic mass is 10.0. The smallest absolute Gasteiger partial charge is 0.226 e. The molecule has 112 valence electrons. The summed E-state index contributed by atoms with van der Waals surface area (Å²) in [6, 6.07) is 6.27. The SMILES string of the molecule is CC1(C)COCCN1Cc1coc(-c2cccc(F)c2)n1. The highest BCUT2D eigenvalue weighted by atomic mass is 19.1. The predicted octanol–water partition coefficient (Wildman–Crippen LogP) is 3.09. The number of hydrogen-bond donors (Lipinski definition) is 0. The van der Waals surface area contributed by atoms with E-state index in [4.69, 9.17) is 9.15 Å². The van der Waals surface area contributed by atoms with Gasteiger partial charge in [-0.2, -0.15) is 0 Å². The van der Waals surface area contributed by atoms with Gasteiger partial charge in [0.15, 0.2) is 0 Å². The molecule has 3 rings (SSSR count). The standard InChI is InChI=1S/C16H19FN2O2/c1-16(2)11-20-7-6-19(16)9-14-10-21-15(18-14)12-4-3-5-13(17)8-12/h3-5,8,10H,6-7,9,11H2,1-2H3. The van der Waals surface area contributed by atoms with Crippen molar-refractivity contribution in [3.05, 3.63) is 42.0 Å². The Balaban J connectivity index is 1.76. The van der Waals surface area contributed by atoms with Gasteiger partial charge in [-0.1, -0.05) is 6.07 Å². The Kier molecular flexibility index (Phi) is 3.78. The van der Waals surface area contributed by atoms with Crippen molar-refractivity contribution in [3.63, 3.8) is 0 Å². The summed E-state index contributed by atoms with van der Waals surface area (Å²) in [5, 5.41) is 0. The minimum Gasteiger partial charge on any atom is -0.444 e. The first kappa shape index (κ1) is 14.2. The molecule has 1 aromatic carbocycles. The number of rotatable bonds is 3. The van der Waals surface area contributed by atoms with Gasteiger partial charge in [-0.3, -0.25) is 4.90 Å². The maximum Gasteiger partial charge on any atom is 0.226 e. The molecule has 1 fully saturated rings. The molecule has 0 radical (unpaired) electrons. The van der Waals surface area contributed by atoms with Crippen molar-refractivity contribution in [3.8, 4) is 11.5 Å². The first-order chi connectivity index (χ1) is 10.0. The van der Waals surface area contributed by atoms with Crippen molar-refractivity contribution in [2.45, 2.75) is 25.9 Å². The van der Waals surface area contributed by atoms with E-state index in [0.717, 1.165) is 18.8 Å². The molecule has 0 aliphatic carbocycles. The van der Waals surface area contributed by atoms with Gasteiger partial charge in [0.1, 0.15) is 12.1 Å². The molecule has 0 amide bonds. The van der Waals surface area contributed by atoms with Gasteiger partial charge >= 0.3 is 0 Å². The maximum absolute atomic E-state index is 13.2. The van der Waals surface area contributed by atoms with E-state index in [2.05, 4.69) is 23.7 Å². The van der Waals surface area contributed by atoms with Crippen molar-refractivity contribution < 1.29 is 13.5 Å². The summed E-state index contributed by atoms with van der Waals surface area (Å²) in [4.78, 5) is 6.79. The second kappa shape index (κ2) is 5.58. The summed E-state index contributed by atoms with van der Waals surface area (Å²) in [6.07, 6.45) is 1.64. The first-order valence-electron chi connectivity index (χ1n) is 7.08. The van der Waals surface area contributed by atoms with Gasteiger partial charge in [-0.15, -0.1) is 0 Å². The zero-order valence-electron chi connectivity index (χ0n) is 12.3. The quantitative estimate of drug-likeness (QED) is 0.870. The van der Waals surface area contributed by atoms with Crippen molar-refractivity contribution >= 4 is 0 Å². The molecule has 1 aromatic heterocycles. The van der Waals surface area contributed by atoms with E-state index >= 15 is 0 Å². The molecule has 0 atom stereocenters. The number of hydrogen-bond acceptors (Lipinski definition) is 4. The summed E-state index contributed by atoms with van der Waals surface area (Å²) in [5.41, 5.74) is 1.49. The van der Waals surface area contributed by atoms with E-state index < -0.39 is 0 Å². The lowest BCUT2D eigenvalue weighted by molar-refractivity contribution is -0.0557. The Morgan fingerprint density at radius 2 is 2.24 bits per heavy atom. The van der Waals surface area contributed by atoms with Gasteiger partial charge in [-0.05, 0) is 32.0 Å². The van der Waals surface area contributed by atoms with Gasteiger partial charge in [0.05, 0.1) is 18.9 Å². The minimum atomic E-state index is -0.290. The molecule has 21 heavy (non-hydrogen) atoms. The van der Waals surface area contributed by atoms with Gasteiger partial charge in [-0.25, -0.2) is 9.37 Å². The van der Waals surface area contributed by atoms with Crippen LogP contribution in [0.25, 0.3) is 11.5 Å². The van der Waals surface area contributed by atoms with Crippen molar-refractivity contribution in [1.29, 1.82) is 0 Å². The summed E-state index contributed by atoms with van der Waals surface area (Å²) < 4.78 is 24.2. The molecule has 0 N–H and O–H groups in total. The van der Waals surface area contributed by atoms with E-state index in [1.807, 2.05) is 0 Å². The predicted molar refractivity (Wildman–Crippen MR) is 77.2 cm³/mol. The van der Waals surface area contributed by atoms with Crippen LogP contribution >= 0.6 is 0 Å². The van der Waals surface area contributed by atoms with E-state index in [-0.39, 0.29) is 11.4 Å². The van der Waals surface area contributed by atoms with E-state index in [1.54, 1.807) is 18.4 Å². The molecular formula is C16H19FN2O2. The van der Waals surface area contributed by atoms with Crippen LogP contribution in [0.1, 0.15) is 19.5 Å². The van der Waals surface area contributed by atoms with Crippen LogP contribution in [0, 0.1) is 5.82 Å². The molecule has 4 nitrogen and oxygen atoms in total. The molecule has 0 bridgehead atoms. The van der Waals surface area contributed by atoms with Crippen LogP contribution in [-0.4, -0.2) is 35.2 Å².